The molecule has 0 radical (unpaired) electrons. The molecule has 0 aliphatic heterocycles. The van der Waals surface area contributed by atoms with Crippen molar-refractivity contribution in [3.8, 4) is 5.75 Å². The predicted octanol–water partition coefficient (Wildman–Crippen LogP) is 5.77. The summed E-state index contributed by atoms with van der Waals surface area (Å²) in [6.07, 6.45) is 0.717. The highest BCUT2D eigenvalue weighted by Gasteiger charge is 2.26. The smallest absolute Gasteiger partial charge is 0.264 e. The molecule has 1 aromatic heterocycles. The zero-order valence-electron chi connectivity index (χ0n) is 22.3. The summed E-state index contributed by atoms with van der Waals surface area (Å²) in [5.41, 5.74) is 1.54. The Morgan fingerprint density at radius 3 is 2.31 bits per heavy atom. The van der Waals surface area contributed by atoms with Gasteiger partial charge in [-0.05, 0) is 82.5 Å². The Hall–Kier alpha value is -3.18. The van der Waals surface area contributed by atoms with E-state index in [2.05, 4.69) is 0 Å². The first-order valence-corrected chi connectivity index (χ1v) is 15.1. The van der Waals surface area contributed by atoms with Crippen LogP contribution in [0.2, 0.25) is 5.02 Å². The van der Waals surface area contributed by atoms with Gasteiger partial charge in [0, 0.05) is 18.7 Å². The number of aromatic nitrogens is 1. The number of halogens is 1. The van der Waals surface area contributed by atoms with E-state index in [1.54, 1.807) is 67.5 Å². The van der Waals surface area contributed by atoms with Crippen LogP contribution >= 0.6 is 22.9 Å². The summed E-state index contributed by atoms with van der Waals surface area (Å²) >= 11 is 7.75. The number of anilines is 2. The lowest BCUT2D eigenvalue weighted by Crippen LogP contribution is -2.33. The standard InChI is InChI=1S/C28H31ClN4O4S2/c1-5-33(21-10-7-6-8-11-21)39(35,36)22-14-12-20(13-15-22)27(34)32(19-9-18-31(2)3)28-30-25-24(37-4)17-16-23(29)26(25)38-28/h6-8,10-17H,5,9,18-19H2,1-4H3. The Bertz CT molecular complexity index is 1540. The highest BCUT2D eigenvalue weighted by Crippen LogP contribution is 2.39. The first-order chi connectivity index (χ1) is 18.7. The number of sulfonamides is 1. The highest BCUT2D eigenvalue weighted by atomic mass is 35.5. The number of benzene rings is 3. The number of amides is 1. The fourth-order valence-electron chi connectivity index (χ4n) is 4.19. The zero-order chi connectivity index (χ0) is 28.2. The van der Waals surface area contributed by atoms with Gasteiger partial charge in [0.1, 0.15) is 11.3 Å². The Morgan fingerprint density at radius 2 is 1.69 bits per heavy atom. The van der Waals surface area contributed by atoms with Crippen LogP contribution in [0.1, 0.15) is 23.7 Å². The largest absolute Gasteiger partial charge is 0.494 e. The molecule has 0 saturated carbocycles. The molecule has 0 saturated heterocycles. The summed E-state index contributed by atoms with van der Waals surface area (Å²) in [6.45, 7) is 3.26. The van der Waals surface area contributed by atoms with E-state index in [-0.39, 0.29) is 17.3 Å². The van der Waals surface area contributed by atoms with Crippen molar-refractivity contribution in [2.75, 3.05) is 50.0 Å². The molecule has 0 aliphatic rings. The summed E-state index contributed by atoms with van der Waals surface area (Å²) in [5.74, 6) is 0.299. The van der Waals surface area contributed by atoms with E-state index in [1.807, 2.05) is 25.1 Å². The Kier molecular flexibility index (Phi) is 9.12. The molecular formula is C28H31ClN4O4S2. The summed E-state index contributed by atoms with van der Waals surface area (Å²) in [4.78, 5) is 22.3. The van der Waals surface area contributed by atoms with Crippen molar-refractivity contribution in [3.63, 3.8) is 0 Å². The van der Waals surface area contributed by atoms with Gasteiger partial charge in [-0.1, -0.05) is 41.1 Å². The molecule has 0 spiro atoms. The van der Waals surface area contributed by atoms with Crippen molar-refractivity contribution in [3.05, 3.63) is 77.3 Å². The van der Waals surface area contributed by atoms with Crippen LogP contribution in [0.15, 0.2) is 71.6 Å². The van der Waals surface area contributed by atoms with E-state index in [0.717, 1.165) is 11.2 Å². The molecule has 0 atom stereocenters. The van der Waals surface area contributed by atoms with E-state index < -0.39 is 10.0 Å². The van der Waals surface area contributed by atoms with Gasteiger partial charge in [0.15, 0.2) is 5.13 Å². The number of para-hydroxylation sites is 1. The molecule has 4 aromatic rings. The minimum Gasteiger partial charge on any atom is -0.494 e. The molecule has 1 heterocycles. The van der Waals surface area contributed by atoms with Gasteiger partial charge < -0.3 is 9.64 Å². The first kappa shape index (κ1) is 28.8. The number of carbonyl (C=O) groups is 1. The first-order valence-electron chi connectivity index (χ1n) is 12.4. The molecule has 39 heavy (non-hydrogen) atoms. The molecule has 0 fully saturated rings. The van der Waals surface area contributed by atoms with Crippen molar-refractivity contribution < 1.29 is 17.9 Å². The van der Waals surface area contributed by atoms with E-state index in [9.17, 15) is 13.2 Å². The quantitative estimate of drug-likeness (QED) is 0.222. The molecular weight excluding hydrogens is 556 g/mol. The van der Waals surface area contributed by atoms with Gasteiger partial charge in [-0.3, -0.25) is 14.0 Å². The van der Waals surface area contributed by atoms with Crippen LogP contribution in [0.4, 0.5) is 10.8 Å². The van der Waals surface area contributed by atoms with Crippen molar-refractivity contribution in [2.24, 2.45) is 0 Å². The lowest BCUT2D eigenvalue weighted by atomic mass is 10.2. The molecule has 1 amide bonds. The highest BCUT2D eigenvalue weighted by molar-refractivity contribution is 7.92. The molecule has 206 valence electrons. The number of ether oxygens (including phenoxy) is 1. The number of hydrogen-bond donors (Lipinski definition) is 0. The molecule has 0 N–H and O–H groups in total. The second-order valence-electron chi connectivity index (χ2n) is 9.07. The molecule has 0 unspecified atom stereocenters. The fourth-order valence-corrected chi connectivity index (χ4v) is 6.94. The van der Waals surface area contributed by atoms with Crippen molar-refractivity contribution in [1.29, 1.82) is 0 Å². The Labute approximate surface area is 238 Å². The van der Waals surface area contributed by atoms with Crippen molar-refractivity contribution >= 4 is 59.9 Å². The minimum atomic E-state index is -3.81. The average Bonchev–Trinajstić information content (AvgIpc) is 3.38. The van der Waals surface area contributed by atoms with Gasteiger partial charge in [0.25, 0.3) is 15.9 Å². The van der Waals surface area contributed by atoms with Gasteiger partial charge in [-0.2, -0.15) is 0 Å². The normalized spacial score (nSPS) is 11.6. The average molecular weight is 587 g/mol. The monoisotopic (exact) mass is 586 g/mol. The van der Waals surface area contributed by atoms with E-state index in [4.69, 9.17) is 21.3 Å². The second-order valence-corrected chi connectivity index (χ2v) is 12.3. The SMILES string of the molecule is CCN(c1ccccc1)S(=O)(=O)c1ccc(C(=O)N(CCCN(C)C)c2nc3c(OC)ccc(Cl)c3s2)cc1. The number of rotatable bonds is 11. The molecule has 8 nitrogen and oxygen atoms in total. The molecule has 0 aliphatic carbocycles. The number of methoxy groups -OCH3 is 1. The fraction of sp³-hybridized carbons (Fsp3) is 0.286. The number of carbonyl (C=O) groups excluding carboxylic acids is 1. The van der Waals surface area contributed by atoms with E-state index >= 15 is 0 Å². The summed E-state index contributed by atoms with van der Waals surface area (Å²) in [6, 6.07) is 18.5. The minimum absolute atomic E-state index is 0.111. The molecule has 0 bridgehead atoms. The third kappa shape index (κ3) is 6.19. The van der Waals surface area contributed by atoms with Crippen LogP contribution in [-0.2, 0) is 10.0 Å². The second kappa shape index (κ2) is 12.3. The maximum absolute atomic E-state index is 13.8. The number of hydrogen-bond acceptors (Lipinski definition) is 7. The van der Waals surface area contributed by atoms with Gasteiger partial charge >= 0.3 is 0 Å². The van der Waals surface area contributed by atoms with E-state index in [1.165, 1.54) is 27.8 Å². The number of fused-ring (bicyclic) bond motifs is 1. The maximum atomic E-state index is 13.8. The Balaban J connectivity index is 1.67. The summed E-state index contributed by atoms with van der Waals surface area (Å²) in [5, 5.41) is 1.03. The lowest BCUT2D eigenvalue weighted by molar-refractivity contribution is 0.0986. The predicted molar refractivity (Wildman–Crippen MR) is 159 cm³/mol. The van der Waals surface area contributed by atoms with Gasteiger partial charge in [0.2, 0.25) is 0 Å². The van der Waals surface area contributed by atoms with Crippen molar-refractivity contribution in [1.82, 2.24) is 9.88 Å². The van der Waals surface area contributed by atoms with Crippen LogP contribution in [0.5, 0.6) is 5.75 Å². The molecule has 3 aromatic carbocycles. The Morgan fingerprint density at radius 1 is 1.00 bits per heavy atom. The van der Waals surface area contributed by atoms with Crippen LogP contribution in [0.3, 0.4) is 0 Å². The third-order valence-corrected chi connectivity index (χ3v) is 9.61. The van der Waals surface area contributed by atoms with Gasteiger partial charge in [-0.25, -0.2) is 13.4 Å². The van der Waals surface area contributed by atoms with Crippen LogP contribution < -0.4 is 13.9 Å². The van der Waals surface area contributed by atoms with Gasteiger partial charge in [-0.15, -0.1) is 0 Å². The lowest BCUT2D eigenvalue weighted by Gasteiger charge is -2.23. The summed E-state index contributed by atoms with van der Waals surface area (Å²) < 4.78 is 34.3. The van der Waals surface area contributed by atoms with Crippen molar-refractivity contribution in [2.45, 2.75) is 18.2 Å². The maximum Gasteiger partial charge on any atom is 0.264 e. The third-order valence-electron chi connectivity index (χ3n) is 6.15. The zero-order valence-corrected chi connectivity index (χ0v) is 24.7. The van der Waals surface area contributed by atoms with E-state index in [0.29, 0.717) is 45.6 Å². The van der Waals surface area contributed by atoms with Gasteiger partial charge in [0.05, 0.1) is 27.4 Å². The topological polar surface area (TPSA) is 83.1 Å². The molecule has 11 heteroatoms. The molecule has 4 rings (SSSR count). The van der Waals surface area contributed by atoms with Crippen LogP contribution in [0.25, 0.3) is 10.2 Å². The number of thiazole rings is 1. The van der Waals surface area contributed by atoms with Crippen LogP contribution in [0, 0.1) is 0 Å². The van der Waals surface area contributed by atoms with Crippen LogP contribution in [-0.4, -0.2) is 65.0 Å². The summed E-state index contributed by atoms with van der Waals surface area (Å²) in [7, 11) is 1.71. The number of nitrogens with zero attached hydrogens (tertiary/aromatic N) is 4.